The Hall–Kier alpha value is -0.140. The van der Waals surface area contributed by atoms with Gasteiger partial charge in [0.05, 0.1) is 16.0 Å². The van der Waals surface area contributed by atoms with E-state index in [0.29, 0.717) is 18.0 Å². The first-order valence-corrected chi connectivity index (χ1v) is 8.65. The highest BCUT2D eigenvalue weighted by Gasteiger charge is 2.25. The Morgan fingerprint density at radius 1 is 1.41 bits per heavy atom. The third-order valence-corrected chi connectivity index (χ3v) is 5.47. The minimum Gasteiger partial charge on any atom is -0.365 e. The van der Waals surface area contributed by atoms with Crippen molar-refractivity contribution >= 4 is 47.5 Å². The average molecular weight is 384 g/mol. The zero-order valence-corrected chi connectivity index (χ0v) is 13.0. The third-order valence-electron chi connectivity index (χ3n) is 2.61. The molecule has 0 saturated carbocycles. The highest BCUT2D eigenvalue weighted by Crippen LogP contribution is 2.25. The second-order valence-corrected chi connectivity index (χ2v) is 8.08. The standard InChI is InChI=1S/C10H12Br2N2O2S/c11-7-4-9(12)10(13-5-7)14-8-2-1-3-17(15,16)6-8/h4-5,8H,1-3,6H2,(H,13,14). The molecule has 0 radical (unpaired) electrons. The van der Waals surface area contributed by atoms with Gasteiger partial charge >= 0.3 is 0 Å². The maximum absolute atomic E-state index is 11.5. The van der Waals surface area contributed by atoms with Gasteiger partial charge in [-0.25, -0.2) is 13.4 Å². The minimum absolute atomic E-state index is 0.0428. The van der Waals surface area contributed by atoms with Gasteiger partial charge < -0.3 is 5.32 Å². The summed E-state index contributed by atoms with van der Waals surface area (Å²) < 4.78 is 24.7. The van der Waals surface area contributed by atoms with Gasteiger partial charge in [0.2, 0.25) is 0 Å². The van der Waals surface area contributed by atoms with Crippen LogP contribution < -0.4 is 5.32 Å². The highest BCUT2D eigenvalue weighted by atomic mass is 79.9. The van der Waals surface area contributed by atoms with Gasteiger partial charge in [0, 0.05) is 16.7 Å². The zero-order chi connectivity index (χ0) is 12.5. The van der Waals surface area contributed by atoms with E-state index in [0.717, 1.165) is 15.4 Å². The summed E-state index contributed by atoms with van der Waals surface area (Å²) in [6.07, 6.45) is 3.27. The monoisotopic (exact) mass is 382 g/mol. The van der Waals surface area contributed by atoms with E-state index >= 15 is 0 Å². The van der Waals surface area contributed by atoms with Gasteiger partial charge in [-0.15, -0.1) is 0 Å². The van der Waals surface area contributed by atoms with E-state index in [9.17, 15) is 8.42 Å². The molecule has 94 valence electrons. The van der Waals surface area contributed by atoms with Crippen molar-refractivity contribution in [1.29, 1.82) is 0 Å². The number of nitrogens with one attached hydrogen (secondary N) is 1. The first kappa shape index (κ1) is 13.3. The maximum Gasteiger partial charge on any atom is 0.152 e. The Kier molecular flexibility index (Phi) is 4.10. The average Bonchev–Trinajstić information content (AvgIpc) is 2.21. The van der Waals surface area contributed by atoms with Gasteiger partial charge in [-0.3, -0.25) is 0 Å². The lowest BCUT2D eigenvalue weighted by Gasteiger charge is -2.23. The largest absolute Gasteiger partial charge is 0.365 e. The molecule has 1 N–H and O–H groups in total. The van der Waals surface area contributed by atoms with Gasteiger partial charge in [0.1, 0.15) is 5.82 Å². The Balaban J connectivity index is 2.10. The van der Waals surface area contributed by atoms with Crippen LogP contribution in [0.4, 0.5) is 5.82 Å². The summed E-state index contributed by atoms with van der Waals surface area (Å²) in [7, 11) is -2.89. The molecular weight excluding hydrogens is 372 g/mol. The van der Waals surface area contributed by atoms with Crippen molar-refractivity contribution in [3.8, 4) is 0 Å². The van der Waals surface area contributed by atoms with Crippen LogP contribution in [0.5, 0.6) is 0 Å². The molecule has 2 heterocycles. The smallest absolute Gasteiger partial charge is 0.152 e. The molecule has 2 rings (SSSR count). The van der Waals surface area contributed by atoms with Crippen LogP contribution in [0.25, 0.3) is 0 Å². The fourth-order valence-corrected chi connectivity index (χ4v) is 4.59. The lowest BCUT2D eigenvalue weighted by Crippen LogP contribution is -2.35. The maximum atomic E-state index is 11.5. The van der Waals surface area contributed by atoms with Crippen LogP contribution >= 0.6 is 31.9 Å². The van der Waals surface area contributed by atoms with E-state index in [-0.39, 0.29) is 11.8 Å². The Morgan fingerprint density at radius 2 is 2.18 bits per heavy atom. The van der Waals surface area contributed by atoms with Gasteiger partial charge in [-0.05, 0) is 50.8 Å². The van der Waals surface area contributed by atoms with Crippen molar-refractivity contribution in [2.45, 2.75) is 18.9 Å². The molecule has 0 spiro atoms. The third kappa shape index (κ3) is 3.66. The molecule has 1 unspecified atom stereocenters. The predicted molar refractivity (Wildman–Crippen MR) is 74.9 cm³/mol. The van der Waals surface area contributed by atoms with Crippen LogP contribution in [0.15, 0.2) is 21.2 Å². The Bertz CT molecular complexity index is 519. The zero-order valence-electron chi connectivity index (χ0n) is 8.99. The number of pyridine rings is 1. The number of rotatable bonds is 2. The van der Waals surface area contributed by atoms with Crippen molar-refractivity contribution in [2.75, 3.05) is 16.8 Å². The summed E-state index contributed by atoms with van der Waals surface area (Å²) in [6.45, 7) is 0. The summed E-state index contributed by atoms with van der Waals surface area (Å²) >= 11 is 6.72. The number of hydrogen-bond acceptors (Lipinski definition) is 4. The number of hydrogen-bond donors (Lipinski definition) is 1. The summed E-state index contributed by atoms with van der Waals surface area (Å²) in [5.41, 5.74) is 0. The second kappa shape index (κ2) is 5.24. The first-order valence-electron chi connectivity index (χ1n) is 5.24. The molecule has 1 aliphatic heterocycles. The predicted octanol–water partition coefficient (Wildman–Crippen LogP) is 2.60. The molecule has 1 fully saturated rings. The summed E-state index contributed by atoms with van der Waals surface area (Å²) in [5.74, 6) is 1.19. The van der Waals surface area contributed by atoms with Crippen molar-refractivity contribution in [3.05, 3.63) is 21.2 Å². The summed E-state index contributed by atoms with van der Waals surface area (Å²) in [4.78, 5) is 4.22. The summed E-state index contributed by atoms with van der Waals surface area (Å²) in [5, 5.41) is 3.17. The minimum atomic E-state index is -2.89. The fourth-order valence-electron chi connectivity index (χ4n) is 1.85. The molecule has 0 amide bonds. The van der Waals surface area contributed by atoms with E-state index in [1.807, 2.05) is 6.07 Å². The van der Waals surface area contributed by atoms with Gasteiger partial charge in [0.25, 0.3) is 0 Å². The van der Waals surface area contributed by atoms with Crippen molar-refractivity contribution in [2.24, 2.45) is 0 Å². The van der Waals surface area contributed by atoms with Gasteiger partial charge in [0.15, 0.2) is 9.84 Å². The van der Waals surface area contributed by atoms with Gasteiger partial charge in [-0.1, -0.05) is 0 Å². The van der Waals surface area contributed by atoms with Crippen molar-refractivity contribution in [1.82, 2.24) is 4.98 Å². The van der Waals surface area contributed by atoms with Crippen LogP contribution in [0.1, 0.15) is 12.8 Å². The molecule has 17 heavy (non-hydrogen) atoms. The number of sulfone groups is 1. The molecule has 1 saturated heterocycles. The fraction of sp³-hybridized carbons (Fsp3) is 0.500. The molecule has 0 aliphatic carbocycles. The molecular formula is C10H12Br2N2O2S. The number of nitrogens with zero attached hydrogens (tertiary/aromatic N) is 1. The van der Waals surface area contributed by atoms with E-state index < -0.39 is 9.84 Å². The van der Waals surface area contributed by atoms with Crippen LogP contribution in [0, 0.1) is 0 Å². The van der Waals surface area contributed by atoms with E-state index in [2.05, 4.69) is 42.2 Å². The quantitative estimate of drug-likeness (QED) is 0.852. The molecule has 1 aliphatic rings. The Morgan fingerprint density at radius 3 is 2.82 bits per heavy atom. The molecule has 4 nitrogen and oxygen atoms in total. The van der Waals surface area contributed by atoms with Crippen LogP contribution in [0.2, 0.25) is 0 Å². The van der Waals surface area contributed by atoms with E-state index in [4.69, 9.17) is 0 Å². The molecule has 1 aromatic rings. The highest BCUT2D eigenvalue weighted by molar-refractivity contribution is 9.11. The van der Waals surface area contributed by atoms with Crippen LogP contribution in [-0.4, -0.2) is 30.9 Å². The topological polar surface area (TPSA) is 59.1 Å². The van der Waals surface area contributed by atoms with Crippen molar-refractivity contribution < 1.29 is 8.42 Å². The number of halogens is 2. The van der Waals surface area contributed by atoms with Crippen molar-refractivity contribution in [3.63, 3.8) is 0 Å². The normalized spacial score (nSPS) is 23.3. The molecule has 0 bridgehead atoms. The SMILES string of the molecule is O=S1(=O)CCCC(Nc2ncc(Br)cc2Br)C1. The molecule has 7 heteroatoms. The lowest BCUT2D eigenvalue weighted by molar-refractivity contribution is 0.561. The van der Waals surface area contributed by atoms with E-state index in [1.54, 1.807) is 6.20 Å². The molecule has 0 aromatic carbocycles. The van der Waals surface area contributed by atoms with Gasteiger partial charge in [-0.2, -0.15) is 0 Å². The molecule has 1 atom stereocenters. The lowest BCUT2D eigenvalue weighted by atomic mass is 10.2. The van der Waals surface area contributed by atoms with Crippen LogP contribution in [0.3, 0.4) is 0 Å². The Labute approximate surface area is 117 Å². The second-order valence-electron chi connectivity index (χ2n) is 4.08. The number of anilines is 1. The van der Waals surface area contributed by atoms with E-state index in [1.165, 1.54) is 0 Å². The van der Waals surface area contributed by atoms with Crippen LogP contribution in [-0.2, 0) is 9.84 Å². The first-order chi connectivity index (χ1) is 7.96. The molecule has 1 aromatic heterocycles. The number of aromatic nitrogens is 1. The summed E-state index contributed by atoms with van der Waals surface area (Å²) in [6, 6.07) is 1.84.